The molecule has 0 aliphatic heterocycles. The van der Waals surface area contributed by atoms with Crippen molar-refractivity contribution in [3.05, 3.63) is 71.8 Å². The van der Waals surface area contributed by atoms with Crippen molar-refractivity contribution in [3.63, 3.8) is 0 Å². The van der Waals surface area contributed by atoms with E-state index in [1.807, 2.05) is 12.1 Å². The second-order valence-electron chi connectivity index (χ2n) is 7.53. The molecule has 0 saturated heterocycles. The lowest BCUT2D eigenvalue weighted by Gasteiger charge is -2.11. The van der Waals surface area contributed by atoms with E-state index in [0.717, 1.165) is 27.4 Å². The standard InChI is InChI=1S/C26H21F3N2O4S/c1-33-20-14-19-24(23(35-3)22(20)34-2)36-25(31-19)16-7-11-18(12-8-16)30-21(32)13-6-15-4-9-17(10-5-15)26(27,28)29/h4-14H,1-3H3,(H,30,32)/b13-6+. The molecule has 0 radical (unpaired) electrons. The summed E-state index contributed by atoms with van der Waals surface area (Å²) in [4.78, 5) is 16.9. The highest BCUT2D eigenvalue weighted by Gasteiger charge is 2.29. The molecule has 3 aromatic carbocycles. The molecule has 1 N–H and O–H groups in total. The molecule has 0 aliphatic carbocycles. The van der Waals surface area contributed by atoms with E-state index < -0.39 is 17.6 Å². The smallest absolute Gasteiger partial charge is 0.416 e. The van der Waals surface area contributed by atoms with Crippen molar-refractivity contribution in [2.75, 3.05) is 26.6 Å². The predicted octanol–water partition coefficient (Wildman–Crippen LogP) is 6.66. The summed E-state index contributed by atoms with van der Waals surface area (Å²) in [6.07, 6.45) is -1.69. The van der Waals surface area contributed by atoms with Gasteiger partial charge in [-0.15, -0.1) is 11.3 Å². The minimum Gasteiger partial charge on any atom is -0.493 e. The Morgan fingerprint density at radius 1 is 0.944 bits per heavy atom. The second-order valence-corrected chi connectivity index (χ2v) is 8.53. The molecule has 0 aliphatic rings. The lowest BCUT2D eigenvalue weighted by molar-refractivity contribution is -0.137. The number of benzene rings is 3. The number of amides is 1. The van der Waals surface area contributed by atoms with Crippen LogP contribution in [0.2, 0.25) is 0 Å². The zero-order valence-corrected chi connectivity index (χ0v) is 20.3. The van der Waals surface area contributed by atoms with Crippen LogP contribution in [0.3, 0.4) is 0 Å². The SMILES string of the molecule is COc1cc2nc(-c3ccc(NC(=O)/C=C/c4ccc(C(F)(F)F)cc4)cc3)sc2c(OC)c1OC. The van der Waals surface area contributed by atoms with Gasteiger partial charge in [-0.25, -0.2) is 4.98 Å². The summed E-state index contributed by atoms with van der Waals surface area (Å²) in [6.45, 7) is 0. The zero-order chi connectivity index (χ0) is 25.9. The van der Waals surface area contributed by atoms with Crippen LogP contribution in [-0.4, -0.2) is 32.2 Å². The van der Waals surface area contributed by atoms with E-state index in [4.69, 9.17) is 14.2 Å². The highest BCUT2D eigenvalue weighted by atomic mass is 32.1. The van der Waals surface area contributed by atoms with Crippen molar-refractivity contribution < 1.29 is 32.2 Å². The average Bonchev–Trinajstić information content (AvgIpc) is 3.30. The van der Waals surface area contributed by atoms with Gasteiger partial charge >= 0.3 is 6.18 Å². The second kappa shape index (κ2) is 10.3. The number of nitrogens with one attached hydrogen (secondary N) is 1. The van der Waals surface area contributed by atoms with Crippen molar-refractivity contribution in [2.45, 2.75) is 6.18 Å². The third kappa shape index (κ3) is 5.28. The first kappa shape index (κ1) is 25.1. The number of thiazole rings is 1. The van der Waals surface area contributed by atoms with Crippen molar-refractivity contribution in [2.24, 2.45) is 0 Å². The largest absolute Gasteiger partial charge is 0.493 e. The maximum Gasteiger partial charge on any atom is 0.416 e. The average molecular weight is 515 g/mol. The lowest BCUT2D eigenvalue weighted by Crippen LogP contribution is -2.07. The lowest BCUT2D eigenvalue weighted by atomic mass is 10.1. The van der Waals surface area contributed by atoms with Crippen LogP contribution in [0.25, 0.3) is 26.9 Å². The maximum absolute atomic E-state index is 12.7. The minimum atomic E-state index is -4.40. The molecule has 0 saturated carbocycles. The molecule has 186 valence electrons. The summed E-state index contributed by atoms with van der Waals surface area (Å²) in [7, 11) is 4.64. The van der Waals surface area contributed by atoms with Gasteiger partial charge in [-0.2, -0.15) is 13.2 Å². The summed E-state index contributed by atoms with van der Waals surface area (Å²) >= 11 is 1.44. The number of hydrogen-bond acceptors (Lipinski definition) is 6. The molecular weight excluding hydrogens is 493 g/mol. The fraction of sp³-hybridized carbons (Fsp3) is 0.154. The van der Waals surface area contributed by atoms with Crippen LogP contribution in [0.15, 0.2) is 60.7 Å². The van der Waals surface area contributed by atoms with Gasteiger partial charge in [0.2, 0.25) is 11.7 Å². The van der Waals surface area contributed by atoms with Crippen LogP contribution in [0, 0.1) is 0 Å². The Bertz CT molecular complexity index is 1410. The van der Waals surface area contributed by atoms with E-state index in [0.29, 0.717) is 34.0 Å². The third-order valence-corrected chi connectivity index (χ3v) is 6.37. The molecule has 0 unspecified atom stereocenters. The van der Waals surface area contributed by atoms with Crippen molar-refractivity contribution in [1.82, 2.24) is 4.98 Å². The number of halogens is 3. The summed E-state index contributed by atoms with van der Waals surface area (Å²) in [5.41, 5.74) is 1.84. The number of ether oxygens (including phenoxy) is 3. The number of nitrogens with zero attached hydrogens (tertiary/aromatic N) is 1. The van der Waals surface area contributed by atoms with Gasteiger partial charge in [0.1, 0.15) is 9.71 Å². The fourth-order valence-electron chi connectivity index (χ4n) is 3.49. The summed E-state index contributed by atoms with van der Waals surface area (Å²) < 4.78 is 55.2. The van der Waals surface area contributed by atoms with E-state index in [-0.39, 0.29) is 0 Å². The van der Waals surface area contributed by atoms with Gasteiger partial charge in [-0.3, -0.25) is 4.79 Å². The number of alkyl halides is 3. The number of fused-ring (bicyclic) bond motifs is 1. The highest BCUT2D eigenvalue weighted by Crippen LogP contribution is 2.46. The number of methoxy groups -OCH3 is 3. The topological polar surface area (TPSA) is 69.7 Å². The van der Waals surface area contributed by atoms with Gasteiger partial charge in [0, 0.05) is 23.4 Å². The Morgan fingerprint density at radius 2 is 1.61 bits per heavy atom. The number of hydrogen-bond donors (Lipinski definition) is 1. The normalized spacial score (nSPS) is 11.6. The van der Waals surface area contributed by atoms with Crippen LogP contribution in [0.1, 0.15) is 11.1 Å². The Kier molecular flexibility index (Phi) is 7.16. The summed E-state index contributed by atoms with van der Waals surface area (Å²) in [5, 5.41) is 3.47. The molecule has 1 amide bonds. The van der Waals surface area contributed by atoms with Crippen LogP contribution >= 0.6 is 11.3 Å². The van der Waals surface area contributed by atoms with Crippen LogP contribution < -0.4 is 19.5 Å². The minimum absolute atomic E-state index is 0.411. The van der Waals surface area contributed by atoms with Gasteiger partial charge in [0.25, 0.3) is 0 Å². The molecule has 4 rings (SSSR count). The van der Waals surface area contributed by atoms with E-state index in [2.05, 4.69) is 10.3 Å². The van der Waals surface area contributed by atoms with Crippen molar-refractivity contribution >= 4 is 39.2 Å². The predicted molar refractivity (Wildman–Crippen MR) is 134 cm³/mol. The highest BCUT2D eigenvalue weighted by molar-refractivity contribution is 7.22. The van der Waals surface area contributed by atoms with Crippen LogP contribution in [-0.2, 0) is 11.0 Å². The number of carbonyl (C=O) groups excluding carboxylic acids is 1. The maximum atomic E-state index is 12.7. The first-order valence-electron chi connectivity index (χ1n) is 10.6. The van der Waals surface area contributed by atoms with Crippen molar-refractivity contribution in [1.29, 1.82) is 0 Å². The molecule has 1 heterocycles. The first-order valence-corrected chi connectivity index (χ1v) is 11.4. The molecule has 0 atom stereocenters. The third-order valence-electron chi connectivity index (χ3n) is 5.25. The molecule has 0 bridgehead atoms. The number of carbonyl (C=O) groups is 1. The molecule has 36 heavy (non-hydrogen) atoms. The zero-order valence-electron chi connectivity index (χ0n) is 19.5. The molecular formula is C26H21F3N2O4S. The molecule has 10 heteroatoms. The van der Waals surface area contributed by atoms with Gasteiger partial charge in [-0.1, -0.05) is 12.1 Å². The van der Waals surface area contributed by atoms with Gasteiger partial charge in [0.15, 0.2) is 11.5 Å². The number of anilines is 1. The quantitative estimate of drug-likeness (QED) is 0.279. The molecule has 6 nitrogen and oxygen atoms in total. The van der Waals surface area contributed by atoms with Gasteiger partial charge in [0.05, 0.1) is 32.4 Å². The molecule has 4 aromatic rings. The Morgan fingerprint density at radius 3 is 2.19 bits per heavy atom. The Labute approximate surface area is 209 Å². The summed E-state index contributed by atoms with van der Waals surface area (Å²) in [5.74, 6) is 1.14. The Hall–Kier alpha value is -4.05. The van der Waals surface area contributed by atoms with Gasteiger partial charge < -0.3 is 19.5 Å². The van der Waals surface area contributed by atoms with Gasteiger partial charge in [-0.05, 0) is 48.0 Å². The number of aromatic nitrogens is 1. The van der Waals surface area contributed by atoms with Crippen LogP contribution in [0.4, 0.5) is 18.9 Å². The monoisotopic (exact) mass is 514 g/mol. The van der Waals surface area contributed by atoms with E-state index in [1.165, 1.54) is 35.6 Å². The molecule has 1 aromatic heterocycles. The number of rotatable bonds is 7. The Balaban J connectivity index is 1.48. The van der Waals surface area contributed by atoms with E-state index in [9.17, 15) is 18.0 Å². The van der Waals surface area contributed by atoms with Crippen LogP contribution in [0.5, 0.6) is 17.2 Å². The van der Waals surface area contributed by atoms with Crippen molar-refractivity contribution in [3.8, 4) is 27.8 Å². The fourth-order valence-corrected chi connectivity index (χ4v) is 4.56. The molecule has 0 fully saturated rings. The van der Waals surface area contributed by atoms with E-state index >= 15 is 0 Å². The first-order chi connectivity index (χ1) is 17.2. The summed E-state index contributed by atoms with van der Waals surface area (Å²) in [6, 6.07) is 13.5. The van der Waals surface area contributed by atoms with E-state index in [1.54, 1.807) is 39.5 Å². The molecule has 0 spiro atoms.